The molecule has 2 aromatic heterocycles. The molecule has 0 radical (unpaired) electrons. The van der Waals surface area contributed by atoms with Gasteiger partial charge in [-0.15, -0.1) is 0 Å². The highest BCUT2D eigenvalue weighted by Gasteiger charge is 2.18. The second kappa shape index (κ2) is 6.20. The molecule has 25 heavy (non-hydrogen) atoms. The van der Waals surface area contributed by atoms with E-state index in [1.54, 1.807) is 18.5 Å². The first-order valence-corrected chi connectivity index (χ1v) is 7.91. The van der Waals surface area contributed by atoms with Crippen LogP contribution in [-0.2, 0) is 6.42 Å². The Morgan fingerprint density at radius 1 is 1.04 bits per heavy atom. The molecule has 4 aromatic rings. The Morgan fingerprint density at radius 2 is 1.88 bits per heavy atom. The zero-order chi connectivity index (χ0) is 17.2. The van der Waals surface area contributed by atoms with Gasteiger partial charge in [0.05, 0.1) is 5.69 Å². The van der Waals surface area contributed by atoms with Gasteiger partial charge in [0.2, 0.25) is 0 Å². The van der Waals surface area contributed by atoms with E-state index in [-0.39, 0.29) is 5.69 Å². The summed E-state index contributed by atoms with van der Waals surface area (Å²) >= 11 is 0. The average molecular weight is 329 g/mol. The fourth-order valence-corrected chi connectivity index (χ4v) is 2.99. The summed E-state index contributed by atoms with van der Waals surface area (Å²) in [7, 11) is 0. The van der Waals surface area contributed by atoms with E-state index in [0.29, 0.717) is 17.9 Å². The number of rotatable bonds is 4. The van der Waals surface area contributed by atoms with Crippen LogP contribution >= 0.6 is 0 Å². The van der Waals surface area contributed by atoms with Gasteiger partial charge in [0.25, 0.3) is 0 Å². The van der Waals surface area contributed by atoms with Gasteiger partial charge in [-0.2, -0.15) is 0 Å². The molecule has 0 bridgehead atoms. The summed E-state index contributed by atoms with van der Waals surface area (Å²) in [6, 6.07) is 17.7. The topological polar surface area (TPSA) is 78.9 Å². The number of H-pyrrole nitrogens is 1. The molecule has 0 unspecified atom stereocenters. The number of imidazole rings is 1. The van der Waals surface area contributed by atoms with Crippen molar-refractivity contribution in [1.82, 2.24) is 15.0 Å². The number of benzene rings is 2. The van der Waals surface area contributed by atoms with E-state index in [4.69, 9.17) is 0 Å². The molecule has 0 spiro atoms. The molecule has 2 N–H and O–H groups in total. The monoisotopic (exact) mass is 329 g/mol. The van der Waals surface area contributed by atoms with Crippen LogP contribution in [-0.4, -0.2) is 26.0 Å². The molecule has 5 heteroatoms. The number of hydrogen-bond acceptors (Lipinski definition) is 3. The van der Waals surface area contributed by atoms with Crippen LogP contribution in [0.1, 0.15) is 21.7 Å². The van der Waals surface area contributed by atoms with Crippen molar-refractivity contribution in [2.24, 2.45) is 0 Å². The van der Waals surface area contributed by atoms with E-state index >= 15 is 0 Å². The lowest BCUT2D eigenvalue weighted by Gasteiger charge is -2.06. The van der Waals surface area contributed by atoms with Crippen LogP contribution in [0.2, 0.25) is 0 Å². The minimum Gasteiger partial charge on any atom is -0.476 e. The average Bonchev–Trinajstić information content (AvgIpc) is 3.07. The minimum absolute atomic E-state index is 0.0480. The fourth-order valence-electron chi connectivity index (χ4n) is 2.99. The second-order valence-electron chi connectivity index (χ2n) is 5.77. The lowest BCUT2D eigenvalue weighted by atomic mass is 10.0. The van der Waals surface area contributed by atoms with Crippen LogP contribution in [0.15, 0.2) is 67.0 Å². The number of pyridine rings is 1. The molecule has 0 amide bonds. The largest absolute Gasteiger partial charge is 0.476 e. The Morgan fingerprint density at radius 3 is 2.68 bits per heavy atom. The van der Waals surface area contributed by atoms with Crippen molar-refractivity contribution in [3.05, 3.63) is 83.9 Å². The highest BCUT2D eigenvalue weighted by atomic mass is 16.4. The van der Waals surface area contributed by atoms with Gasteiger partial charge in [-0.1, -0.05) is 42.5 Å². The Labute approximate surface area is 144 Å². The van der Waals surface area contributed by atoms with Crippen molar-refractivity contribution >= 4 is 16.7 Å². The summed E-state index contributed by atoms with van der Waals surface area (Å²) in [5.74, 6) is -0.526. The SMILES string of the molecule is O=C(O)c1nc(-c2cccnc2)[nH]c1Cc1cccc2ccccc12. The normalized spacial score (nSPS) is 10.9. The van der Waals surface area contributed by atoms with Crippen molar-refractivity contribution in [2.45, 2.75) is 6.42 Å². The number of nitrogens with zero attached hydrogens (tertiary/aromatic N) is 2. The number of aromatic nitrogens is 3. The van der Waals surface area contributed by atoms with E-state index in [2.05, 4.69) is 15.0 Å². The van der Waals surface area contributed by atoms with Crippen molar-refractivity contribution in [3.63, 3.8) is 0 Å². The van der Waals surface area contributed by atoms with Gasteiger partial charge < -0.3 is 10.1 Å². The van der Waals surface area contributed by atoms with Crippen LogP contribution in [0.3, 0.4) is 0 Å². The molecular weight excluding hydrogens is 314 g/mol. The third-order valence-corrected chi connectivity index (χ3v) is 4.16. The summed E-state index contributed by atoms with van der Waals surface area (Å²) < 4.78 is 0. The number of carbonyl (C=O) groups is 1. The zero-order valence-corrected chi connectivity index (χ0v) is 13.3. The number of hydrogen-bond donors (Lipinski definition) is 2. The van der Waals surface area contributed by atoms with Gasteiger partial charge in [0.15, 0.2) is 5.69 Å². The molecule has 0 saturated carbocycles. The maximum absolute atomic E-state index is 11.6. The predicted octanol–water partition coefficient (Wildman–Crippen LogP) is 3.91. The first-order valence-electron chi connectivity index (χ1n) is 7.91. The maximum atomic E-state index is 11.6. The van der Waals surface area contributed by atoms with Crippen LogP contribution < -0.4 is 0 Å². The number of aromatic amines is 1. The summed E-state index contributed by atoms with van der Waals surface area (Å²) in [5.41, 5.74) is 2.45. The van der Waals surface area contributed by atoms with Crippen LogP contribution in [0, 0.1) is 0 Å². The Kier molecular flexibility index (Phi) is 3.74. The van der Waals surface area contributed by atoms with E-state index in [1.807, 2.05) is 48.5 Å². The van der Waals surface area contributed by atoms with E-state index < -0.39 is 5.97 Å². The number of carboxylic acids is 1. The van der Waals surface area contributed by atoms with Crippen LogP contribution in [0.25, 0.3) is 22.2 Å². The maximum Gasteiger partial charge on any atom is 0.356 e. The first kappa shape index (κ1) is 15.1. The van der Waals surface area contributed by atoms with Gasteiger partial charge in [0, 0.05) is 24.4 Å². The molecule has 0 aliphatic heterocycles. The molecule has 122 valence electrons. The van der Waals surface area contributed by atoms with Crippen LogP contribution in [0.4, 0.5) is 0 Å². The molecule has 4 rings (SSSR count). The lowest BCUT2D eigenvalue weighted by molar-refractivity contribution is 0.0690. The number of aromatic carboxylic acids is 1. The molecule has 0 fully saturated rings. The summed E-state index contributed by atoms with van der Waals surface area (Å²) in [4.78, 5) is 23.1. The fraction of sp³-hybridized carbons (Fsp3) is 0.0500. The van der Waals surface area contributed by atoms with E-state index in [0.717, 1.165) is 21.9 Å². The molecule has 0 aliphatic rings. The molecule has 0 atom stereocenters. The zero-order valence-electron chi connectivity index (χ0n) is 13.3. The lowest BCUT2D eigenvalue weighted by Crippen LogP contribution is -2.03. The van der Waals surface area contributed by atoms with Crippen molar-refractivity contribution in [1.29, 1.82) is 0 Å². The second-order valence-corrected chi connectivity index (χ2v) is 5.77. The Hall–Kier alpha value is -3.47. The summed E-state index contributed by atoms with van der Waals surface area (Å²) in [5, 5.41) is 11.8. The Bertz CT molecular complexity index is 1050. The molecule has 0 saturated heterocycles. The first-order chi connectivity index (χ1) is 12.2. The van der Waals surface area contributed by atoms with Crippen molar-refractivity contribution in [3.8, 4) is 11.4 Å². The highest BCUT2D eigenvalue weighted by Crippen LogP contribution is 2.24. The van der Waals surface area contributed by atoms with Gasteiger partial charge >= 0.3 is 5.97 Å². The predicted molar refractivity (Wildman–Crippen MR) is 95.5 cm³/mol. The van der Waals surface area contributed by atoms with E-state index in [1.165, 1.54) is 0 Å². The standard InChI is InChI=1S/C20H15N3O2/c24-20(25)18-17(22-19(23-18)15-8-4-10-21-12-15)11-14-7-3-6-13-5-1-2-9-16(13)14/h1-10,12H,11H2,(H,22,23)(H,24,25). The minimum atomic E-state index is -1.04. The highest BCUT2D eigenvalue weighted by molar-refractivity contribution is 5.89. The van der Waals surface area contributed by atoms with E-state index in [9.17, 15) is 9.90 Å². The van der Waals surface area contributed by atoms with Gasteiger partial charge in [-0.05, 0) is 28.5 Å². The molecule has 0 aliphatic carbocycles. The molecular formula is C20H15N3O2. The third-order valence-electron chi connectivity index (χ3n) is 4.16. The molecule has 2 aromatic carbocycles. The quantitative estimate of drug-likeness (QED) is 0.595. The van der Waals surface area contributed by atoms with Gasteiger partial charge in [-0.3, -0.25) is 4.98 Å². The summed E-state index contributed by atoms with van der Waals surface area (Å²) in [6.07, 6.45) is 3.80. The van der Waals surface area contributed by atoms with Crippen LogP contribution in [0.5, 0.6) is 0 Å². The van der Waals surface area contributed by atoms with Gasteiger partial charge in [-0.25, -0.2) is 9.78 Å². The van der Waals surface area contributed by atoms with Crippen molar-refractivity contribution < 1.29 is 9.90 Å². The number of nitrogens with one attached hydrogen (secondary N) is 1. The smallest absolute Gasteiger partial charge is 0.356 e. The van der Waals surface area contributed by atoms with Gasteiger partial charge in [0.1, 0.15) is 5.82 Å². The number of fused-ring (bicyclic) bond motifs is 1. The Balaban J connectivity index is 1.79. The van der Waals surface area contributed by atoms with Crippen molar-refractivity contribution in [2.75, 3.05) is 0 Å². The summed E-state index contributed by atoms with van der Waals surface area (Å²) in [6.45, 7) is 0. The molecule has 5 nitrogen and oxygen atoms in total. The number of carboxylic acid groups (broad SMARTS) is 1. The molecule has 2 heterocycles. The third kappa shape index (κ3) is 2.87.